The molecule has 1 amide bonds. The summed E-state index contributed by atoms with van der Waals surface area (Å²) in [5.74, 6) is -0.251. The van der Waals surface area contributed by atoms with Gasteiger partial charge in [-0.1, -0.05) is 6.07 Å². The minimum absolute atomic E-state index is 0.251. The van der Waals surface area contributed by atoms with Gasteiger partial charge in [0.15, 0.2) is 0 Å². The first-order valence-corrected chi connectivity index (χ1v) is 9.16. The maximum atomic E-state index is 12.1. The SMILES string of the molecule is COCCOCCCNC(=O)c1ccc(C)c(NS(C)(=O)=O)c1. The van der Waals surface area contributed by atoms with Crippen molar-refractivity contribution in [3.8, 4) is 0 Å². The number of anilines is 1. The van der Waals surface area contributed by atoms with Gasteiger partial charge in [0.1, 0.15) is 0 Å². The molecule has 0 saturated carbocycles. The number of sulfonamides is 1. The van der Waals surface area contributed by atoms with Gasteiger partial charge in [-0.3, -0.25) is 9.52 Å². The molecule has 23 heavy (non-hydrogen) atoms. The lowest BCUT2D eigenvalue weighted by Crippen LogP contribution is -2.25. The van der Waals surface area contributed by atoms with Gasteiger partial charge in [0, 0.05) is 25.8 Å². The summed E-state index contributed by atoms with van der Waals surface area (Å²) in [6.07, 6.45) is 1.76. The first-order valence-electron chi connectivity index (χ1n) is 7.27. The summed E-state index contributed by atoms with van der Waals surface area (Å²) in [7, 11) is -1.77. The maximum Gasteiger partial charge on any atom is 0.251 e. The number of carbonyl (C=O) groups is 1. The molecule has 0 unspecified atom stereocenters. The predicted molar refractivity (Wildman–Crippen MR) is 89.3 cm³/mol. The van der Waals surface area contributed by atoms with E-state index in [1.165, 1.54) is 6.07 Å². The highest BCUT2D eigenvalue weighted by atomic mass is 32.2. The monoisotopic (exact) mass is 344 g/mol. The molecular weight excluding hydrogens is 320 g/mol. The summed E-state index contributed by atoms with van der Waals surface area (Å²) in [4.78, 5) is 12.1. The minimum Gasteiger partial charge on any atom is -0.382 e. The molecule has 0 aromatic heterocycles. The number of rotatable bonds is 10. The van der Waals surface area contributed by atoms with E-state index in [-0.39, 0.29) is 5.91 Å². The Morgan fingerprint density at radius 2 is 1.96 bits per heavy atom. The van der Waals surface area contributed by atoms with Crippen molar-refractivity contribution in [2.75, 3.05) is 44.5 Å². The van der Waals surface area contributed by atoms with Crippen molar-refractivity contribution >= 4 is 21.6 Å². The van der Waals surface area contributed by atoms with Crippen LogP contribution in [0.5, 0.6) is 0 Å². The van der Waals surface area contributed by atoms with E-state index in [1.807, 2.05) is 0 Å². The molecule has 1 aromatic rings. The van der Waals surface area contributed by atoms with Gasteiger partial charge in [-0.05, 0) is 31.0 Å². The van der Waals surface area contributed by atoms with Crippen molar-refractivity contribution in [2.24, 2.45) is 0 Å². The van der Waals surface area contributed by atoms with E-state index in [0.717, 1.165) is 11.8 Å². The van der Waals surface area contributed by atoms with E-state index in [2.05, 4.69) is 10.0 Å². The normalized spacial score (nSPS) is 11.3. The van der Waals surface area contributed by atoms with Crippen LogP contribution in [0.25, 0.3) is 0 Å². The van der Waals surface area contributed by atoms with E-state index < -0.39 is 10.0 Å². The number of nitrogens with one attached hydrogen (secondary N) is 2. The lowest BCUT2D eigenvalue weighted by Gasteiger charge is -2.10. The third kappa shape index (κ3) is 7.96. The molecule has 0 aliphatic heterocycles. The number of methoxy groups -OCH3 is 1. The largest absolute Gasteiger partial charge is 0.382 e. The fourth-order valence-corrected chi connectivity index (χ4v) is 2.41. The molecule has 0 bridgehead atoms. The van der Waals surface area contributed by atoms with E-state index >= 15 is 0 Å². The Morgan fingerprint density at radius 1 is 1.22 bits per heavy atom. The van der Waals surface area contributed by atoms with Crippen molar-refractivity contribution in [3.63, 3.8) is 0 Å². The van der Waals surface area contributed by atoms with Crippen LogP contribution in [-0.2, 0) is 19.5 Å². The Morgan fingerprint density at radius 3 is 2.61 bits per heavy atom. The molecule has 8 heteroatoms. The Bertz CT molecular complexity index is 616. The number of aryl methyl sites for hydroxylation is 1. The molecule has 0 saturated heterocycles. The van der Waals surface area contributed by atoms with Gasteiger partial charge in [-0.25, -0.2) is 8.42 Å². The summed E-state index contributed by atoms with van der Waals surface area (Å²) < 4.78 is 35.2. The second kappa shape index (κ2) is 9.49. The second-order valence-corrected chi connectivity index (χ2v) is 6.87. The van der Waals surface area contributed by atoms with Crippen LogP contribution in [0.4, 0.5) is 5.69 Å². The smallest absolute Gasteiger partial charge is 0.251 e. The van der Waals surface area contributed by atoms with E-state index in [4.69, 9.17) is 9.47 Å². The first-order chi connectivity index (χ1) is 10.8. The van der Waals surface area contributed by atoms with Crippen LogP contribution < -0.4 is 10.0 Å². The third-order valence-corrected chi connectivity index (χ3v) is 3.57. The van der Waals surface area contributed by atoms with Gasteiger partial charge >= 0.3 is 0 Å². The number of hydrogen-bond acceptors (Lipinski definition) is 5. The maximum absolute atomic E-state index is 12.1. The topological polar surface area (TPSA) is 93.7 Å². The molecule has 130 valence electrons. The van der Waals surface area contributed by atoms with Crippen LogP contribution in [-0.4, -0.2) is 54.1 Å². The summed E-state index contributed by atoms with van der Waals surface area (Å²) in [5.41, 5.74) is 1.56. The molecule has 0 fully saturated rings. The summed E-state index contributed by atoms with van der Waals surface area (Å²) >= 11 is 0. The van der Waals surface area contributed by atoms with E-state index in [9.17, 15) is 13.2 Å². The molecule has 0 spiro atoms. The fourth-order valence-electron chi connectivity index (χ4n) is 1.80. The number of benzene rings is 1. The number of ether oxygens (including phenoxy) is 2. The Kier molecular flexibility index (Phi) is 8.01. The number of hydrogen-bond donors (Lipinski definition) is 2. The fraction of sp³-hybridized carbons (Fsp3) is 0.533. The van der Waals surface area contributed by atoms with Gasteiger partial charge in [-0.2, -0.15) is 0 Å². The lowest BCUT2D eigenvalue weighted by molar-refractivity contribution is 0.0688. The molecule has 0 atom stereocenters. The molecule has 0 radical (unpaired) electrons. The van der Waals surface area contributed by atoms with Crippen LogP contribution in [0.15, 0.2) is 18.2 Å². The van der Waals surface area contributed by atoms with E-state index in [1.54, 1.807) is 26.2 Å². The zero-order valence-electron chi connectivity index (χ0n) is 13.7. The first kappa shape index (κ1) is 19.4. The van der Waals surface area contributed by atoms with Crippen LogP contribution >= 0.6 is 0 Å². The highest BCUT2D eigenvalue weighted by molar-refractivity contribution is 7.92. The highest BCUT2D eigenvalue weighted by Gasteiger charge is 2.10. The number of amides is 1. The third-order valence-electron chi connectivity index (χ3n) is 2.98. The molecule has 0 aliphatic carbocycles. The van der Waals surface area contributed by atoms with Crippen molar-refractivity contribution in [3.05, 3.63) is 29.3 Å². The van der Waals surface area contributed by atoms with Crippen molar-refractivity contribution in [1.82, 2.24) is 5.32 Å². The average molecular weight is 344 g/mol. The zero-order chi connectivity index (χ0) is 17.3. The van der Waals surface area contributed by atoms with Crippen molar-refractivity contribution in [2.45, 2.75) is 13.3 Å². The molecule has 0 heterocycles. The zero-order valence-corrected chi connectivity index (χ0v) is 14.5. The predicted octanol–water partition coefficient (Wildman–Crippen LogP) is 1.15. The average Bonchev–Trinajstić information content (AvgIpc) is 2.47. The van der Waals surface area contributed by atoms with Crippen molar-refractivity contribution < 1.29 is 22.7 Å². The van der Waals surface area contributed by atoms with Gasteiger partial charge in [0.2, 0.25) is 10.0 Å². The molecule has 2 N–H and O–H groups in total. The molecule has 0 aliphatic rings. The Hall–Kier alpha value is -1.64. The summed E-state index contributed by atoms with van der Waals surface area (Å²) in [6, 6.07) is 4.89. The quantitative estimate of drug-likeness (QED) is 0.621. The van der Waals surface area contributed by atoms with Crippen LogP contribution in [0.3, 0.4) is 0 Å². The molecule has 7 nitrogen and oxygen atoms in total. The summed E-state index contributed by atoms with van der Waals surface area (Å²) in [5, 5.41) is 2.77. The van der Waals surface area contributed by atoms with Crippen molar-refractivity contribution in [1.29, 1.82) is 0 Å². The molecular formula is C15H24N2O5S. The Labute approximate surface area is 137 Å². The van der Waals surface area contributed by atoms with Gasteiger partial charge in [-0.15, -0.1) is 0 Å². The van der Waals surface area contributed by atoms with Crippen LogP contribution in [0.2, 0.25) is 0 Å². The van der Waals surface area contributed by atoms with Gasteiger partial charge < -0.3 is 14.8 Å². The lowest BCUT2D eigenvalue weighted by atomic mass is 10.1. The van der Waals surface area contributed by atoms with Crippen LogP contribution in [0.1, 0.15) is 22.3 Å². The highest BCUT2D eigenvalue weighted by Crippen LogP contribution is 2.18. The van der Waals surface area contributed by atoms with Gasteiger partial charge in [0.05, 0.1) is 25.2 Å². The number of carbonyl (C=O) groups excluding carboxylic acids is 1. The summed E-state index contributed by atoms with van der Waals surface area (Å²) in [6.45, 7) is 3.87. The Balaban J connectivity index is 2.49. The van der Waals surface area contributed by atoms with E-state index in [0.29, 0.717) is 44.0 Å². The second-order valence-electron chi connectivity index (χ2n) is 5.12. The minimum atomic E-state index is -3.38. The standard InChI is InChI=1S/C15H24N2O5S/c1-12-5-6-13(11-14(12)17-23(3,19)20)15(18)16-7-4-8-22-10-9-21-2/h5-6,11,17H,4,7-10H2,1-3H3,(H,16,18). The van der Waals surface area contributed by atoms with Gasteiger partial charge in [0.25, 0.3) is 5.91 Å². The molecule has 1 aromatic carbocycles. The van der Waals surface area contributed by atoms with Crippen LogP contribution in [0, 0.1) is 6.92 Å². The molecule has 1 rings (SSSR count).